The van der Waals surface area contributed by atoms with Crippen LogP contribution in [0.5, 0.6) is 0 Å². The van der Waals surface area contributed by atoms with Crippen LogP contribution in [0.3, 0.4) is 0 Å². The first kappa shape index (κ1) is 28.7. The van der Waals surface area contributed by atoms with Gasteiger partial charge in [0.2, 0.25) is 0 Å². The van der Waals surface area contributed by atoms with E-state index in [1.54, 1.807) is 0 Å². The summed E-state index contributed by atoms with van der Waals surface area (Å²) in [6, 6.07) is 5.27. The number of fused-ring (bicyclic) bond motifs is 4. The Balaban J connectivity index is 1.53. The molecule has 6 rings (SSSR count). The van der Waals surface area contributed by atoms with Gasteiger partial charge in [0.25, 0.3) is 0 Å². The summed E-state index contributed by atoms with van der Waals surface area (Å²) in [5.74, 6) is 0. The summed E-state index contributed by atoms with van der Waals surface area (Å²) in [6.07, 6.45) is 1.59. The predicted molar refractivity (Wildman–Crippen MR) is 151 cm³/mol. The molecule has 0 amide bonds. The fourth-order valence-electron chi connectivity index (χ4n) is 6.95. The topological polar surface area (TPSA) is 40.6 Å². The quantitative estimate of drug-likeness (QED) is 0.263. The number of alkyl halides is 3. The van der Waals surface area contributed by atoms with Crippen molar-refractivity contribution in [3.63, 3.8) is 0 Å². The number of halogens is 4. The number of aromatic nitrogens is 1. The molecule has 1 aromatic carbocycles. The second-order valence-electron chi connectivity index (χ2n) is 13.9. The highest BCUT2D eigenvalue weighted by Crippen LogP contribution is 2.61. The van der Waals surface area contributed by atoms with Gasteiger partial charge in [-0.3, -0.25) is 0 Å². The molecule has 0 unspecified atom stereocenters. The third-order valence-electron chi connectivity index (χ3n) is 10.3. The first-order valence-corrected chi connectivity index (χ1v) is 17.8. The summed E-state index contributed by atoms with van der Waals surface area (Å²) >= 11 is 7.03. The fourth-order valence-corrected chi connectivity index (χ4v) is 8.51. The minimum absolute atomic E-state index is 0.0377. The minimum atomic E-state index is -4.40. The van der Waals surface area contributed by atoms with Crippen LogP contribution in [0.2, 0.25) is 23.3 Å². The normalized spacial score (nSPS) is 25.5. The molecule has 2 aliphatic heterocycles. The fraction of sp³-hybridized carbons (Fsp3) is 0.645. The third kappa shape index (κ3) is 4.66. The van der Waals surface area contributed by atoms with Gasteiger partial charge in [-0.25, -0.2) is 4.98 Å². The van der Waals surface area contributed by atoms with Gasteiger partial charge in [-0.2, -0.15) is 13.2 Å². The SMILES string of the molecule is CC(C)(C)[Si](C)(C)O[C@H]1CC2(CCC2)Cc2nc(Cl)c3c(c21)C1(CCOCC1)O[C@H]3c1ccc(C(F)(F)F)cc1. The van der Waals surface area contributed by atoms with Crippen LogP contribution in [-0.2, 0) is 32.1 Å². The van der Waals surface area contributed by atoms with Crippen molar-refractivity contribution in [2.75, 3.05) is 13.2 Å². The maximum absolute atomic E-state index is 13.3. The average Bonchev–Trinajstić information content (AvgIpc) is 3.16. The van der Waals surface area contributed by atoms with Gasteiger partial charge >= 0.3 is 6.18 Å². The van der Waals surface area contributed by atoms with Gasteiger partial charge < -0.3 is 13.9 Å². The van der Waals surface area contributed by atoms with Crippen molar-refractivity contribution in [1.29, 1.82) is 0 Å². The van der Waals surface area contributed by atoms with Crippen LogP contribution in [-0.4, -0.2) is 26.5 Å². The molecule has 2 aliphatic carbocycles. The van der Waals surface area contributed by atoms with Gasteiger partial charge in [-0.15, -0.1) is 0 Å². The van der Waals surface area contributed by atoms with Crippen LogP contribution in [0.4, 0.5) is 13.2 Å². The van der Waals surface area contributed by atoms with E-state index in [1.165, 1.54) is 31.4 Å². The van der Waals surface area contributed by atoms with E-state index in [-0.39, 0.29) is 16.6 Å². The molecule has 2 fully saturated rings. The number of benzene rings is 1. The highest BCUT2D eigenvalue weighted by atomic mass is 35.5. The molecule has 218 valence electrons. The van der Waals surface area contributed by atoms with Crippen LogP contribution >= 0.6 is 11.6 Å². The molecular weight excluding hydrogens is 555 g/mol. The standard InChI is InChI=1S/C31H39ClF3NO3Si/c1-28(2,3)40(4,5)39-22-18-29(11-6-12-29)17-21-23(22)25-24(27(32)36-21)26(38-30(25)13-15-37-16-14-30)19-7-9-20(10-8-19)31(33,34)35/h7-10,22,26H,6,11-18H2,1-5H3/t22-,26-/m0/s1. The highest BCUT2D eigenvalue weighted by molar-refractivity contribution is 6.74. The number of nitrogens with zero attached hydrogens (tertiary/aromatic N) is 1. The van der Waals surface area contributed by atoms with Crippen molar-refractivity contribution in [1.82, 2.24) is 4.98 Å². The Morgan fingerprint density at radius 3 is 2.20 bits per heavy atom. The number of rotatable bonds is 3. The molecule has 0 radical (unpaired) electrons. The molecule has 2 spiro atoms. The van der Waals surface area contributed by atoms with E-state index >= 15 is 0 Å². The Kier molecular flexibility index (Phi) is 6.83. The number of hydrogen-bond acceptors (Lipinski definition) is 4. The number of hydrogen-bond donors (Lipinski definition) is 0. The maximum Gasteiger partial charge on any atom is 0.416 e. The van der Waals surface area contributed by atoms with Crippen LogP contribution in [0.15, 0.2) is 24.3 Å². The van der Waals surface area contributed by atoms with Crippen LogP contribution in [0, 0.1) is 5.41 Å². The zero-order valence-electron chi connectivity index (χ0n) is 24.0. The molecule has 1 saturated carbocycles. The van der Waals surface area contributed by atoms with Crippen LogP contribution in [0.1, 0.15) is 105 Å². The molecular formula is C31H39ClF3NO3Si. The van der Waals surface area contributed by atoms with E-state index in [0.717, 1.165) is 47.4 Å². The van der Waals surface area contributed by atoms with Crippen molar-refractivity contribution in [3.05, 3.63) is 62.9 Å². The molecule has 1 aromatic heterocycles. The van der Waals surface area contributed by atoms with E-state index in [2.05, 4.69) is 33.9 Å². The van der Waals surface area contributed by atoms with E-state index in [4.69, 9.17) is 30.5 Å². The van der Waals surface area contributed by atoms with Crippen molar-refractivity contribution < 1.29 is 27.1 Å². The molecule has 2 aromatic rings. The number of pyridine rings is 1. The third-order valence-corrected chi connectivity index (χ3v) is 15.1. The predicted octanol–water partition coefficient (Wildman–Crippen LogP) is 9.06. The van der Waals surface area contributed by atoms with Gasteiger partial charge in [0, 0.05) is 48.4 Å². The summed E-state index contributed by atoms with van der Waals surface area (Å²) in [7, 11) is -2.16. The molecule has 4 nitrogen and oxygen atoms in total. The van der Waals surface area contributed by atoms with Crippen molar-refractivity contribution >= 4 is 19.9 Å². The van der Waals surface area contributed by atoms with Crippen LogP contribution < -0.4 is 0 Å². The lowest BCUT2D eigenvalue weighted by Gasteiger charge is -2.51. The average molecular weight is 594 g/mol. The first-order valence-electron chi connectivity index (χ1n) is 14.5. The molecule has 1 saturated heterocycles. The smallest absolute Gasteiger partial charge is 0.410 e. The van der Waals surface area contributed by atoms with Crippen molar-refractivity contribution in [2.45, 2.75) is 108 Å². The molecule has 0 N–H and O–H groups in total. The lowest BCUT2D eigenvalue weighted by molar-refractivity contribution is -0.137. The largest absolute Gasteiger partial charge is 0.416 e. The van der Waals surface area contributed by atoms with Gasteiger partial charge in [0.15, 0.2) is 8.32 Å². The lowest BCUT2D eigenvalue weighted by Crippen LogP contribution is -2.46. The molecule has 3 heterocycles. The molecule has 9 heteroatoms. The maximum atomic E-state index is 13.3. The first-order chi connectivity index (χ1) is 18.6. The Morgan fingerprint density at radius 1 is 1.00 bits per heavy atom. The van der Waals surface area contributed by atoms with Gasteiger partial charge in [0.1, 0.15) is 11.3 Å². The van der Waals surface area contributed by atoms with Gasteiger partial charge in [0.05, 0.1) is 17.3 Å². The van der Waals surface area contributed by atoms with Gasteiger partial charge in [-0.05, 0) is 66.9 Å². The Hall–Kier alpha value is -1.45. The zero-order chi connectivity index (χ0) is 28.7. The monoisotopic (exact) mass is 593 g/mol. The zero-order valence-corrected chi connectivity index (χ0v) is 25.8. The van der Waals surface area contributed by atoms with E-state index in [9.17, 15) is 13.2 Å². The Labute approximate surface area is 241 Å². The summed E-state index contributed by atoms with van der Waals surface area (Å²) in [6.45, 7) is 12.5. The summed E-state index contributed by atoms with van der Waals surface area (Å²) < 4.78 is 60.0. The molecule has 2 atom stereocenters. The highest BCUT2D eigenvalue weighted by Gasteiger charge is 2.55. The lowest BCUT2D eigenvalue weighted by atomic mass is 9.59. The van der Waals surface area contributed by atoms with E-state index in [0.29, 0.717) is 36.8 Å². The van der Waals surface area contributed by atoms with Crippen molar-refractivity contribution in [3.8, 4) is 0 Å². The van der Waals surface area contributed by atoms with Crippen molar-refractivity contribution in [2.24, 2.45) is 5.41 Å². The summed E-state index contributed by atoms with van der Waals surface area (Å²) in [5.41, 5.74) is 3.51. The second kappa shape index (κ2) is 9.53. The van der Waals surface area contributed by atoms with Crippen LogP contribution in [0.25, 0.3) is 0 Å². The minimum Gasteiger partial charge on any atom is -0.410 e. The summed E-state index contributed by atoms with van der Waals surface area (Å²) in [5, 5.41) is 0.431. The number of ether oxygens (including phenoxy) is 2. The van der Waals surface area contributed by atoms with E-state index < -0.39 is 31.8 Å². The summed E-state index contributed by atoms with van der Waals surface area (Å²) in [4.78, 5) is 5.03. The molecule has 0 bridgehead atoms. The Bertz CT molecular complexity index is 1290. The molecule has 40 heavy (non-hydrogen) atoms. The molecule has 4 aliphatic rings. The van der Waals surface area contributed by atoms with Gasteiger partial charge in [-0.1, -0.05) is 50.9 Å². The Morgan fingerprint density at radius 2 is 1.65 bits per heavy atom. The second-order valence-corrected chi connectivity index (χ2v) is 19.0. The van der Waals surface area contributed by atoms with E-state index in [1.807, 2.05) is 0 Å².